The van der Waals surface area contributed by atoms with Gasteiger partial charge in [-0.25, -0.2) is 14.6 Å². The SMILES string of the molecule is CSc1nc(Cl)c2cn(-c3cccc(C)c3)nc2n1. The minimum absolute atomic E-state index is 0.438. The first kappa shape index (κ1) is 12.4. The molecule has 0 amide bonds. The molecule has 0 radical (unpaired) electrons. The highest BCUT2D eigenvalue weighted by Gasteiger charge is 2.10. The summed E-state index contributed by atoms with van der Waals surface area (Å²) in [6.45, 7) is 2.05. The van der Waals surface area contributed by atoms with E-state index >= 15 is 0 Å². The molecule has 0 aliphatic rings. The lowest BCUT2D eigenvalue weighted by Crippen LogP contribution is -1.94. The first-order valence-corrected chi connectivity index (χ1v) is 7.31. The smallest absolute Gasteiger partial charge is 0.190 e. The maximum absolute atomic E-state index is 6.16. The van der Waals surface area contributed by atoms with Gasteiger partial charge in [0.15, 0.2) is 10.8 Å². The van der Waals surface area contributed by atoms with Crippen LogP contribution in [0.4, 0.5) is 0 Å². The summed E-state index contributed by atoms with van der Waals surface area (Å²) in [4.78, 5) is 8.57. The third kappa shape index (κ3) is 2.31. The highest BCUT2D eigenvalue weighted by Crippen LogP contribution is 2.23. The summed E-state index contributed by atoms with van der Waals surface area (Å²) < 4.78 is 1.78. The Morgan fingerprint density at radius 1 is 1.26 bits per heavy atom. The zero-order chi connectivity index (χ0) is 13.4. The standard InChI is InChI=1S/C13H11ClN4S/c1-8-4-3-5-9(6-8)18-7-10-11(14)15-13(19-2)16-12(10)17-18/h3-7H,1-2H3. The predicted octanol–water partition coefficient (Wildman–Crippen LogP) is 3.50. The van der Waals surface area contributed by atoms with Crippen LogP contribution in [-0.4, -0.2) is 26.0 Å². The summed E-state index contributed by atoms with van der Waals surface area (Å²) in [6, 6.07) is 8.10. The molecule has 2 heterocycles. The number of thioether (sulfide) groups is 1. The molecular formula is C13H11ClN4S. The number of fused-ring (bicyclic) bond motifs is 1. The van der Waals surface area contributed by atoms with Crippen molar-refractivity contribution in [2.75, 3.05) is 6.26 Å². The molecule has 0 aliphatic carbocycles. The van der Waals surface area contributed by atoms with Crippen molar-refractivity contribution >= 4 is 34.4 Å². The predicted molar refractivity (Wildman–Crippen MR) is 78.2 cm³/mol. The van der Waals surface area contributed by atoms with Crippen LogP contribution in [0.25, 0.3) is 16.7 Å². The van der Waals surface area contributed by atoms with Crippen LogP contribution in [0.3, 0.4) is 0 Å². The maximum atomic E-state index is 6.16. The van der Waals surface area contributed by atoms with E-state index in [-0.39, 0.29) is 0 Å². The second-order valence-electron chi connectivity index (χ2n) is 4.15. The number of halogens is 1. The van der Waals surface area contributed by atoms with Crippen molar-refractivity contribution in [2.24, 2.45) is 0 Å². The molecule has 0 N–H and O–H groups in total. The van der Waals surface area contributed by atoms with Gasteiger partial charge in [-0.05, 0) is 30.9 Å². The Morgan fingerprint density at radius 2 is 2.11 bits per heavy atom. The molecule has 4 nitrogen and oxygen atoms in total. The summed E-state index contributed by atoms with van der Waals surface area (Å²) in [7, 11) is 0. The minimum Gasteiger partial charge on any atom is -0.238 e. The average molecular weight is 291 g/mol. The van der Waals surface area contributed by atoms with Crippen LogP contribution in [0.1, 0.15) is 5.56 Å². The number of nitrogens with zero attached hydrogens (tertiary/aromatic N) is 4. The molecule has 0 atom stereocenters. The number of benzene rings is 1. The number of rotatable bonds is 2. The summed E-state index contributed by atoms with van der Waals surface area (Å²) in [5.74, 6) is 0. The molecule has 0 saturated carbocycles. The zero-order valence-electron chi connectivity index (χ0n) is 10.5. The molecule has 0 saturated heterocycles. The minimum atomic E-state index is 0.438. The highest BCUT2D eigenvalue weighted by atomic mass is 35.5. The van der Waals surface area contributed by atoms with Gasteiger partial charge in [-0.15, -0.1) is 5.10 Å². The van der Waals surface area contributed by atoms with Crippen LogP contribution in [0.2, 0.25) is 5.15 Å². The molecule has 0 unspecified atom stereocenters. The van der Waals surface area contributed by atoms with Crippen LogP contribution in [0, 0.1) is 6.92 Å². The monoisotopic (exact) mass is 290 g/mol. The number of aromatic nitrogens is 4. The summed E-state index contributed by atoms with van der Waals surface area (Å²) in [6.07, 6.45) is 3.77. The van der Waals surface area contributed by atoms with Crippen molar-refractivity contribution in [3.8, 4) is 5.69 Å². The topological polar surface area (TPSA) is 43.6 Å². The lowest BCUT2D eigenvalue weighted by Gasteiger charge is -2.00. The fourth-order valence-electron chi connectivity index (χ4n) is 1.85. The van der Waals surface area contributed by atoms with Crippen LogP contribution >= 0.6 is 23.4 Å². The highest BCUT2D eigenvalue weighted by molar-refractivity contribution is 7.98. The first-order chi connectivity index (χ1) is 9.17. The molecule has 1 aromatic carbocycles. The Kier molecular flexibility index (Phi) is 3.16. The van der Waals surface area contributed by atoms with Gasteiger partial charge in [-0.3, -0.25) is 0 Å². The van der Waals surface area contributed by atoms with Gasteiger partial charge in [-0.2, -0.15) is 0 Å². The van der Waals surface area contributed by atoms with Gasteiger partial charge >= 0.3 is 0 Å². The van der Waals surface area contributed by atoms with Crippen molar-refractivity contribution < 1.29 is 0 Å². The molecule has 0 aliphatic heterocycles. The Morgan fingerprint density at radius 3 is 2.84 bits per heavy atom. The largest absolute Gasteiger partial charge is 0.238 e. The average Bonchev–Trinajstić information content (AvgIpc) is 2.83. The molecular weight excluding hydrogens is 280 g/mol. The molecule has 19 heavy (non-hydrogen) atoms. The van der Waals surface area contributed by atoms with Crippen LogP contribution < -0.4 is 0 Å². The number of hydrogen-bond donors (Lipinski definition) is 0. The first-order valence-electron chi connectivity index (χ1n) is 5.71. The maximum Gasteiger partial charge on any atom is 0.190 e. The van der Waals surface area contributed by atoms with Crippen molar-refractivity contribution in [3.05, 3.63) is 41.2 Å². The summed E-state index contributed by atoms with van der Waals surface area (Å²) in [5.41, 5.74) is 2.78. The van der Waals surface area contributed by atoms with E-state index in [4.69, 9.17) is 11.6 Å². The Bertz CT molecular complexity index is 753. The summed E-state index contributed by atoms with van der Waals surface area (Å²) >= 11 is 7.60. The van der Waals surface area contributed by atoms with Crippen LogP contribution in [0.15, 0.2) is 35.6 Å². The van der Waals surface area contributed by atoms with E-state index in [0.29, 0.717) is 16.0 Å². The van der Waals surface area contributed by atoms with Crippen molar-refractivity contribution in [1.29, 1.82) is 0 Å². The van der Waals surface area contributed by atoms with E-state index in [9.17, 15) is 0 Å². The Labute approximate surface area is 119 Å². The van der Waals surface area contributed by atoms with Gasteiger partial charge in [0, 0.05) is 6.20 Å². The van der Waals surface area contributed by atoms with E-state index in [1.165, 1.54) is 17.3 Å². The van der Waals surface area contributed by atoms with Gasteiger partial charge in [0.1, 0.15) is 5.15 Å². The van der Waals surface area contributed by atoms with Gasteiger partial charge in [0.25, 0.3) is 0 Å². The van der Waals surface area contributed by atoms with Crippen molar-refractivity contribution in [1.82, 2.24) is 19.7 Å². The second-order valence-corrected chi connectivity index (χ2v) is 5.28. The third-order valence-corrected chi connectivity index (χ3v) is 3.60. The molecule has 0 bridgehead atoms. The quantitative estimate of drug-likeness (QED) is 0.412. The molecule has 0 spiro atoms. The molecule has 2 aromatic heterocycles. The summed E-state index contributed by atoms with van der Waals surface area (Å²) in [5, 5.41) is 6.30. The zero-order valence-corrected chi connectivity index (χ0v) is 12.0. The molecule has 3 rings (SSSR count). The second kappa shape index (κ2) is 4.83. The van der Waals surface area contributed by atoms with E-state index in [0.717, 1.165) is 11.1 Å². The third-order valence-electron chi connectivity index (χ3n) is 2.76. The molecule has 96 valence electrons. The normalized spacial score (nSPS) is 11.1. The van der Waals surface area contributed by atoms with Gasteiger partial charge in [0.2, 0.25) is 0 Å². The van der Waals surface area contributed by atoms with Gasteiger partial charge in [-0.1, -0.05) is 35.5 Å². The van der Waals surface area contributed by atoms with Crippen molar-refractivity contribution in [3.63, 3.8) is 0 Å². The van der Waals surface area contributed by atoms with Gasteiger partial charge in [0.05, 0.1) is 11.1 Å². The van der Waals surface area contributed by atoms with E-state index in [1.807, 2.05) is 37.6 Å². The van der Waals surface area contributed by atoms with E-state index < -0.39 is 0 Å². The van der Waals surface area contributed by atoms with Crippen LogP contribution in [0.5, 0.6) is 0 Å². The molecule has 3 aromatic rings. The van der Waals surface area contributed by atoms with E-state index in [2.05, 4.69) is 21.1 Å². The molecule has 6 heteroatoms. The fourth-order valence-corrected chi connectivity index (χ4v) is 2.47. The van der Waals surface area contributed by atoms with Gasteiger partial charge < -0.3 is 0 Å². The molecule has 0 fully saturated rings. The Balaban J connectivity index is 2.19. The fraction of sp³-hybridized carbons (Fsp3) is 0.154. The van der Waals surface area contributed by atoms with Crippen LogP contribution in [-0.2, 0) is 0 Å². The Hall–Kier alpha value is -1.59. The van der Waals surface area contributed by atoms with Crippen molar-refractivity contribution in [2.45, 2.75) is 12.1 Å². The number of hydrogen-bond acceptors (Lipinski definition) is 4. The lowest BCUT2D eigenvalue weighted by molar-refractivity contribution is 0.879. The lowest BCUT2D eigenvalue weighted by atomic mass is 10.2. The number of aryl methyl sites for hydroxylation is 1. The van der Waals surface area contributed by atoms with E-state index in [1.54, 1.807) is 4.68 Å².